The zero-order chi connectivity index (χ0) is 70.7. The normalized spacial score (nSPS) is 12.7. The molecule has 0 atom stereocenters. The Morgan fingerprint density at radius 3 is 0.892 bits per heavy atom. The summed E-state index contributed by atoms with van der Waals surface area (Å²) in [6.07, 6.45) is 0. The second kappa shape index (κ2) is 26.1. The van der Waals surface area contributed by atoms with Gasteiger partial charge < -0.3 is 42.1 Å². The third-order valence-electron chi connectivity index (χ3n) is 22.6. The molecule has 0 fully saturated rings. The number of nitrogens with zero attached hydrogens (tertiary/aromatic N) is 3. The summed E-state index contributed by atoms with van der Waals surface area (Å²) in [7, 11) is 0. The van der Waals surface area contributed by atoms with Crippen LogP contribution in [0.15, 0.2) is 352 Å². The second-order valence-corrected chi connectivity index (χ2v) is 28.4. The SMILES string of the molecule is C.C.C.c1ccc2c(c1)Oc1ccc(-c3ccc(-n4c5ccccc5c5ccccc54)cc3)c3c1B2c1ccccc1O3.c1ccc2c(c1)Oc1cccc3c1B2c1cc(-n2c4ccccc4c4ccccc42)ccc1O3.c1ccc2c(c1)Oc1cccc3c1B2c1ccc(-n2c4ccccc4c4ccccc42)cc1O3. The number of hydrogen-bond acceptors (Lipinski definition) is 6. The van der Waals surface area contributed by atoms with E-state index in [0.717, 1.165) is 119 Å². The van der Waals surface area contributed by atoms with Crippen molar-refractivity contribution in [2.45, 2.75) is 22.3 Å². The molecule has 6 aliphatic heterocycles. The fraction of sp³-hybridized carbons (Fsp3) is 0.0303. The van der Waals surface area contributed by atoms with E-state index in [2.05, 4.69) is 299 Å². The van der Waals surface area contributed by atoms with Crippen molar-refractivity contribution in [3.8, 4) is 97.2 Å². The Balaban J connectivity index is 0.000000108. The Bertz CT molecular complexity index is 6830. The minimum atomic E-state index is 0. The fourth-order valence-corrected chi connectivity index (χ4v) is 18.0. The van der Waals surface area contributed by atoms with E-state index in [0.29, 0.717) is 0 Å². The second-order valence-electron chi connectivity index (χ2n) is 28.4. The molecule has 19 aromatic rings. The van der Waals surface area contributed by atoms with Gasteiger partial charge in [-0.05, 0) is 172 Å². The molecule has 0 radical (unpaired) electrons. The van der Waals surface area contributed by atoms with Gasteiger partial charge in [-0.1, -0.05) is 235 Å². The first-order valence-corrected chi connectivity index (χ1v) is 36.8. The lowest BCUT2D eigenvalue weighted by atomic mass is 9.34. The van der Waals surface area contributed by atoms with E-state index >= 15 is 0 Å². The third kappa shape index (κ3) is 10.1. The van der Waals surface area contributed by atoms with Gasteiger partial charge in [-0.15, -0.1) is 0 Å². The van der Waals surface area contributed by atoms with Gasteiger partial charge in [0, 0.05) is 77.4 Å². The first kappa shape index (κ1) is 66.4. The largest absolute Gasteiger partial charge is 0.458 e. The number of para-hydroxylation sites is 10. The topological polar surface area (TPSA) is 70.2 Å². The van der Waals surface area contributed by atoms with Gasteiger partial charge in [0.2, 0.25) is 0 Å². The summed E-state index contributed by atoms with van der Waals surface area (Å²) in [6, 6.07) is 123. The molecular weight excluding hydrogens is 1360 g/mol. The predicted octanol–water partition coefficient (Wildman–Crippen LogP) is 20.1. The van der Waals surface area contributed by atoms with Crippen LogP contribution in [0.2, 0.25) is 0 Å². The molecule has 0 N–H and O–H groups in total. The Morgan fingerprint density at radius 2 is 0.468 bits per heavy atom. The molecule has 0 spiro atoms. The summed E-state index contributed by atoms with van der Waals surface area (Å²) in [4.78, 5) is 0. The Labute approximate surface area is 644 Å². The Morgan fingerprint density at radius 1 is 0.189 bits per heavy atom. The van der Waals surface area contributed by atoms with E-state index in [1.165, 1.54) is 92.7 Å². The van der Waals surface area contributed by atoms with Crippen LogP contribution in [0.3, 0.4) is 0 Å². The monoisotopic (exact) mass is 1430 g/mol. The van der Waals surface area contributed by atoms with Crippen LogP contribution in [-0.2, 0) is 0 Å². The van der Waals surface area contributed by atoms with Crippen molar-refractivity contribution in [1.82, 2.24) is 13.7 Å². The highest BCUT2D eigenvalue weighted by molar-refractivity contribution is 6.99. The highest BCUT2D eigenvalue weighted by Gasteiger charge is 2.44. The van der Waals surface area contributed by atoms with Crippen LogP contribution < -0.4 is 77.6 Å². The van der Waals surface area contributed by atoms with Crippen molar-refractivity contribution in [1.29, 1.82) is 0 Å². The third-order valence-corrected chi connectivity index (χ3v) is 22.6. The van der Waals surface area contributed by atoms with Crippen molar-refractivity contribution >= 4 is 135 Å². The maximum absolute atomic E-state index is 6.66. The Kier molecular flexibility index (Phi) is 15.6. The van der Waals surface area contributed by atoms with Gasteiger partial charge in [0.15, 0.2) is 0 Å². The standard InChI is InChI=1S/C36H22BNO2.2C30H18BNO2.3CH4/c1-5-13-30-26(9-1)27-10-2-6-14-31(27)38(30)24-19-17-23(18-20-24)25-21-22-34-35-36(25)40-33-16-8-4-12-29(33)37(35)28-11-3-7-15-32(28)39-34;1-4-11-24-20(8-1)21-9-2-5-12-25(21)32(24)19-16-17-27-23(18-19)31-22-10-3-6-13-26(22)33-28-14-7-15-29(34-27)30(28)31;1-4-11-24-20(8-1)21-9-2-5-12-25(21)32(24)19-16-17-23-29(18-19)34-28-15-7-14-27-30(28)31(23)22-10-3-6-13-26(22)33-27;;;/h1-22H;2*1-18H;3*1H4. The summed E-state index contributed by atoms with van der Waals surface area (Å²) in [5.74, 6) is 10.6. The predicted molar refractivity (Wildman–Crippen MR) is 461 cm³/mol. The highest BCUT2D eigenvalue weighted by atomic mass is 16.5. The number of benzene rings is 16. The summed E-state index contributed by atoms with van der Waals surface area (Å²) in [5.41, 5.74) is 23.1. The van der Waals surface area contributed by atoms with Crippen molar-refractivity contribution < 1.29 is 28.4 Å². The van der Waals surface area contributed by atoms with Gasteiger partial charge in [-0.25, -0.2) is 0 Å². The van der Waals surface area contributed by atoms with Crippen LogP contribution in [0, 0.1) is 0 Å². The number of aromatic nitrogens is 3. The molecule has 25 rings (SSSR count). The zero-order valence-corrected chi connectivity index (χ0v) is 58.0. The number of fused-ring (bicyclic) bond motifs is 21. The molecule has 0 aliphatic carbocycles. The van der Waals surface area contributed by atoms with Crippen molar-refractivity contribution in [3.63, 3.8) is 0 Å². The molecule has 16 aromatic carbocycles. The van der Waals surface area contributed by atoms with Gasteiger partial charge in [-0.3, -0.25) is 0 Å². The van der Waals surface area contributed by atoms with E-state index in [1.807, 2.05) is 66.7 Å². The minimum absolute atomic E-state index is 0. The first-order valence-electron chi connectivity index (χ1n) is 36.8. The molecule has 6 aliphatic rings. The summed E-state index contributed by atoms with van der Waals surface area (Å²) in [6.45, 7) is 0.219. The molecule has 9 nitrogen and oxygen atoms in total. The summed E-state index contributed by atoms with van der Waals surface area (Å²) in [5, 5.41) is 7.56. The van der Waals surface area contributed by atoms with Crippen LogP contribution in [0.1, 0.15) is 22.3 Å². The molecule has 0 saturated carbocycles. The van der Waals surface area contributed by atoms with Crippen molar-refractivity contribution in [3.05, 3.63) is 352 Å². The average Bonchev–Trinajstić information content (AvgIpc) is 1.74. The lowest BCUT2D eigenvalue weighted by Gasteiger charge is -2.33. The molecule has 111 heavy (non-hydrogen) atoms. The maximum atomic E-state index is 6.66. The molecule has 526 valence electrons. The molecule has 12 heteroatoms. The summed E-state index contributed by atoms with van der Waals surface area (Å²) >= 11 is 0. The van der Waals surface area contributed by atoms with E-state index in [-0.39, 0.29) is 42.4 Å². The van der Waals surface area contributed by atoms with E-state index in [4.69, 9.17) is 28.4 Å². The van der Waals surface area contributed by atoms with Gasteiger partial charge in [0.1, 0.15) is 69.0 Å². The van der Waals surface area contributed by atoms with Crippen molar-refractivity contribution in [2.24, 2.45) is 0 Å². The van der Waals surface area contributed by atoms with Crippen LogP contribution in [-0.4, -0.2) is 33.8 Å². The van der Waals surface area contributed by atoms with Crippen LogP contribution in [0.25, 0.3) is 93.6 Å². The van der Waals surface area contributed by atoms with E-state index in [1.54, 1.807) is 0 Å². The average molecular weight is 1430 g/mol. The van der Waals surface area contributed by atoms with E-state index < -0.39 is 0 Å². The number of ether oxygens (including phenoxy) is 6. The lowest BCUT2D eigenvalue weighted by molar-refractivity contribution is 0.464. The molecule has 0 bridgehead atoms. The highest BCUT2D eigenvalue weighted by Crippen LogP contribution is 2.44. The first-order chi connectivity index (χ1) is 53.6. The van der Waals surface area contributed by atoms with Gasteiger partial charge in [0.05, 0.1) is 33.1 Å². The molecule has 0 unspecified atom stereocenters. The zero-order valence-electron chi connectivity index (χ0n) is 58.0. The Hall–Kier alpha value is -14.1. The van der Waals surface area contributed by atoms with Crippen LogP contribution in [0.5, 0.6) is 69.0 Å². The fourth-order valence-electron chi connectivity index (χ4n) is 18.0. The molecule has 3 aromatic heterocycles. The van der Waals surface area contributed by atoms with Crippen LogP contribution >= 0.6 is 0 Å². The molecule has 0 saturated heterocycles. The van der Waals surface area contributed by atoms with Gasteiger partial charge >= 0.3 is 0 Å². The number of hydrogen-bond donors (Lipinski definition) is 0. The smallest absolute Gasteiger partial charge is 0.260 e. The molecule has 0 amide bonds. The lowest BCUT2D eigenvalue weighted by Crippen LogP contribution is -2.57. The minimum Gasteiger partial charge on any atom is -0.458 e. The van der Waals surface area contributed by atoms with E-state index in [9.17, 15) is 0 Å². The molecule has 9 heterocycles. The van der Waals surface area contributed by atoms with Gasteiger partial charge in [-0.2, -0.15) is 0 Å². The van der Waals surface area contributed by atoms with Crippen LogP contribution in [0.4, 0.5) is 0 Å². The van der Waals surface area contributed by atoms with Crippen molar-refractivity contribution in [2.75, 3.05) is 0 Å². The summed E-state index contributed by atoms with van der Waals surface area (Å²) < 4.78 is 45.5. The maximum Gasteiger partial charge on any atom is 0.260 e. The quantitative estimate of drug-likeness (QED) is 0.164. The number of rotatable bonds is 4. The van der Waals surface area contributed by atoms with Gasteiger partial charge in [0.25, 0.3) is 20.1 Å². The molecular formula is C99H70B3N3O6.